The standard InChI is InChI=1S/C17H34O8P2/c18-11-17(12-23-26(19)20,13-24-27(21)22)16(14-7-3-1-4-8-14)25-15-9-5-2-6-10-15/h14-16,18-22H,1-13H2. The molecule has 10 heteroatoms. The molecule has 0 aliphatic heterocycles. The van der Waals surface area contributed by atoms with Crippen LogP contribution in [0.25, 0.3) is 0 Å². The molecule has 0 spiro atoms. The fourth-order valence-electron chi connectivity index (χ4n) is 4.36. The molecule has 0 aromatic carbocycles. The number of hydrogen-bond acceptors (Lipinski definition) is 8. The summed E-state index contributed by atoms with van der Waals surface area (Å²) in [5.41, 5.74) is -1.09. The van der Waals surface area contributed by atoms with Crippen LogP contribution in [0.15, 0.2) is 0 Å². The summed E-state index contributed by atoms with van der Waals surface area (Å²) in [4.78, 5) is 37.0. The number of rotatable bonds is 11. The van der Waals surface area contributed by atoms with Crippen molar-refractivity contribution in [3.8, 4) is 0 Å². The third kappa shape index (κ3) is 7.71. The largest absolute Gasteiger partial charge is 0.396 e. The average Bonchev–Trinajstić information content (AvgIpc) is 2.68. The lowest BCUT2D eigenvalue weighted by Crippen LogP contribution is -2.52. The molecule has 2 aliphatic carbocycles. The Morgan fingerprint density at radius 3 is 1.70 bits per heavy atom. The van der Waals surface area contributed by atoms with E-state index in [1.165, 1.54) is 12.8 Å². The van der Waals surface area contributed by atoms with E-state index in [-0.39, 0.29) is 31.8 Å². The summed E-state index contributed by atoms with van der Waals surface area (Å²) in [5, 5.41) is 10.3. The van der Waals surface area contributed by atoms with Crippen molar-refractivity contribution in [1.82, 2.24) is 0 Å². The minimum absolute atomic E-state index is 0.0890. The van der Waals surface area contributed by atoms with Crippen molar-refractivity contribution in [1.29, 1.82) is 0 Å². The highest BCUT2D eigenvalue weighted by Gasteiger charge is 2.46. The van der Waals surface area contributed by atoms with Gasteiger partial charge in [0.25, 0.3) is 0 Å². The van der Waals surface area contributed by atoms with Gasteiger partial charge in [0.15, 0.2) is 0 Å². The van der Waals surface area contributed by atoms with Crippen molar-refractivity contribution in [3.05, 3.63) is 0 Å². The van der Waals surface area contributed by atoms with Crippen LogP contribution in [-0.4, -0.2) is 56.7 Å². The van der Waals surface area contributed by atoms with E-state index < -0.39 is 28.7 Å². The van der Waals surface area contributed by atoms with Crippen LogP contribution in [0.3, 0.4) is 0 Å². The van der Waals surface area contributed by atoms with Gasteiger partial charge in [0.2, 0.25) is 0 Å². The second-order valence-electron chi connectivity index (χ2n) is 7.79. The molecular weight excluding hydrogens is 394 g/mol. The lowest BCUT2D eigenvalue weighted by Gasteiger charge is -2.45. The minimum Gasteiger partial charge on any atom is -0.396 e. The van der Waals surface area contributed by atoms with Crippen LogP contribution in [0.5, 0.6) is 0 Å². The lowest BCUT2D eigenvalue weighted by atomic mass is 9.72. The monoisotopic (exact) mass is 428 g/mol. The number of ether oxygens (including phenoxy) is 1. The summed E-state index contributed by atoms with van der Waals surface area (Å²) in [7, 11) is -5.20. The molecule has 0 heterocycles. The van der Waals surface area contributed by atoms with E-state index in [9.17, 15) is 24.7 Å². The summed E-state index contributed by atoms with van der Waals surface area (Å²) in [5.74, 6) is 0.187. The Morgan fingerprint density at radius 2 is 1.26 bits per heavy atom. The molecule has 27 heavy (non-hydrogen) atoms. The number of hydrogen-bond donors (Lipinski definition) is 5. The van der Waals surface area contributed by atoms with Gasteiger partial charge < -0.3 is 38.5 Å². The van der Waals surface area contributed by atoms with Crippen LogP contribution in [0.1, 0.15) is 64.2 Å². The van der Waals surface area contributed by atoms with Crippen molar-refractivity contribution < 1.29 is 38.5 Å². The lowest BCUT2D eigenvalue weighted by molar-refractivity contribution is -0.163. The maximum Gasteiger partial charge on any atom is 0.327 e. The minimum atomic E-state index is -2.60. The zero-order valence-corrected chi connectivity index (χ0v) is 17.6. The topological polar surface area (TPSA) is 129 Å². The Bertz CT molecular complexity index is 388. The van der Waals surface area contributed by atoms with E-state index >= 15 is 0 Å². The zero-order valence-electron chi connectivity index (χ0n) is 15.8. The van der Waals surface area contributed by atoms with E-state index in [2.05, 4.69) is 0 Å². The maximum absolute atomic E-state index is 10.3. The Kier molecular flexibility index (Phi) is 10.8. The molecule has 160 valence electrons. The third-order valence-electron chi connectivity index (χ3n) is 5.82. The first-order chi connectivity index (χ1) is 13.0. The van der Waals surface area contributed by atoms with Gasteiger partial charge in [-0.25, -0.2) is 0 Å². The van der Waals surface area contributed by atoms with Crippen molar-refractivity contribution in [2.45, 2.75) is 76.4 Å². The molecule has 5 N–H and O–H groups in total. The molecule has 1 unspecified atom stereocenters. The highest BCUT2D eigenvalue weighted by molar-refractivity contribution is 7.39. The van der Waals surface area contributed by atoms with Crippen LogP contribution in [-0.2, 0) is 13.8 Å². The molecule has 1 atom stereocenters. The first kappa shape index (κ1) is 23.8. The molecule has 0 aromatic heterocycles. The maximum atomic E-state index is 10.3. The summed E-state index contributed by atoms with van der Waals surface area (Å²) < 4.78 is 16.7. The van der Waals surface area contributed by atoms with Gasteiger partial charge in [-0.3, -0.25) is 0 Å². The predicted molar refractivity (Wildman–Crippen MR) is 102 cm³/mol. The van der Waals surface area contributed by atoms with Crippen LogP contribution in [0.4, 0.5) is 0 Å². The third-order valence-corrected chi connectivity index (χ3v) is 6.54. The zero-order chi connectivity index (χ0) is 19.7. The molecule has 0 saturated heterocycles. The average molecular weight is 428 g/mol. The Hall–Kier alpha value is 0.540. The smallest absolute Gasteiger partial charge is 0.327 e. The molecule has 2 saturated carbocycles. The van der Waals surface area contributed by atoms with E-state index in [0.29, 0.717) is 0 Å². The van der Waals surface area contributed by atoms with Crippen LogP contribution >= 0.6 is 17.2 Å². The fraction of sp³-hybridized carbons (Fsp3) is 1.00. The van der Waals surface area contributed by atoms with E-state index in [1.807, 2.05) is 0 Å². The van der Waals surface area contributed by atoms with Crippen molar-refractivity contribution in [2.75, 3.05) is 19.8 Å². The Balaban J connectivity index is 2.23. The molecule has 0 amide bonds. The van der Waals surface area contributed by atoms with E-state index in [4.69, 9.17) is 13.8 Å². The predicted octanol–water partition coefficient (Wildman–Crippen LogP) is 2.72. The molecule has 8 nitrogen and oxygen atoms in total. The van der Waals surface area contributed by atoms with Crippen LogP contribution in [0.2, 0.25) is 0 Å². The van der Waals surface area contributed by atoms with Crippen molar-refractivity contribution in [2.24, 2.45) is 11.3 Å². The van der Waals surface area contributed by atoms with Crippen molar-refractivity contribution in [3.63, 3.8) is 0 Å². The van der Waals surface area contributed by atoms with Gasteiger partial charge in [-0.1, -0.05) is 38.5 Å². The van der Waals surface area contributed by atoms with Gasteiger partial charge in [0.1, 0.15) is 0 Å². The molecule has 0 bridgehead atoms. The number of aliphatic hydroxyl groups excluding tert-OH is 1. The second kappa shape index (κ2) is 12.3. The fourth-order valence-corrected chi connectivity index (χ4v) is 5.11. The van der Waals surface area contributed by atoms with Gasteiger partial charge in [0, 0.05) is 0 Å². The van der Waals surface area contributed by atoms with Crippen LogP contribution in [0, 0.1) is 11.3 Å². The van der Waals surface area contributed by atoms with Gasteiger partial charge >= 0.3 is 17.2 Å². The highest BCUT2D eigenvalue weighted by atomic mass is 31.2. The van der Waals surface area contributed by atoms with E-state index in [1.54, 1.807) is 0 Å². The first-order valence-corrected chi connectivity index (χ1v) is 12.2. The first-order valence-electron chi connectivity index (χ1n) is 9.85. The summed E-state index contributed by atoms with van der Waals surface area (Å²) in [6, 6.07) is 0. The van der Waals surface area contributed by atoms with Gasteiger partial charge in [-0.2, -0.15) is 0 Å². The normalized spacial score (nSPS) is 21.9. The van der Waals surface area contributed by atoms with Gasteiger partial charge in [0.05, 0.1) is 37.4 Å². The van der Waals surface area contributed by atoms with Gasteiger partial charge in [-0.15, -0.1) is 0 Å². The van der Waals surface area contributed by atoms with Crippen molar-refractivity contribution >= 4 is 17.2 Å². The van der Waals surface area contributed by atoms with Gasteiger partial charge in [-0.05, 0) is 31.6 Å². The molecule has 0 radical (unpaired) electrons. The molecule has 0 aromatic rings. The van der Waals surface area contributed by atoms with E-state index in [0.717, 1.165) is 51.4 Å². The molecule has 2 rings (SSSR count). The highest BCUT2D eigenvalue weighted by Crippen LogP contribution is 2.43. The SMILES string of the molecule is OCC(COP(O)O)(COP(O)O)C(OC1CCCCC1)C1CCCCC1. The summed E-state index contributed by atoms with van der Waals surface area (Å²) in [6.45, 7) is -0.730. The Morgan fingerprint density at radius 1 is 0.778 bits per heavy atom. The molecular formula is C17H34O8P2. The second-order valence-corrected chi connectivity index (χ2v) is 9.32. The Labute approximate surface area is 163 Å². The number of aliphatic hydroxyl groups is 1. The molecule has 2 fully saturated rings. The van der Waals surface area contributed by atoms with Crippen LogP contribution < -0.4 is 0 Å². The molecule has 2 aliphatic rings. The summed E-state index contributed by atoms with van der Waals surface area (Å²) in [6.07, 6.45) is 10.3. The summed E-state index contributed by atoms with van der Waals surface area (Å²) >= 11 is 0. The quantitative estimate of drug-likeness (QED) is 0.318.